The maximum Gasteiger partial charge on any atom is 0.258 e. The zero-order chi connectivity index (χ0) is 21.2. The molecule has 31 heavy (non-hydrogen) atoms. The van der Waals surface area contributed by atoms with Crippen LogP contribution in [0.25, 0.3) is 10.9 Å². The molecular weight excluding hydrogens is 384 g/mol. The molecule has 5 nitrogen and oxygen atoms in total. The van der Waals surface area contributed by atoms with Crippen LogP contribution in [0.4, 0.5) is 5.69 Å². The Balaban J connectivity index is 1.13. The largest absolute Gasteiger partial charge is 0.397 e. The monoisotopic (exact) mass is 414 g/mol. The van der Waals surface area contributed by atoms with Gasteiger partial charge in [-0.05, 0) is 56.3 Å². The number of nitrogens with two attached hydrogens (primary N) is 1. The number of rotatable bonds is 6. The fourth-order valence-electron chi connectivity index (χ4n) is 5.00. The summed E-state index contributed by atoms with van der Waals surface area (Å²) in [6.07, 6.45) is 4.61. The average molecular weight is 415 g/mol. The molecule has 160 valence electrons. The van der Waals surface area contributed by atoms with Crippen molar-refractivity contribution in [1.82, 2.24) is 14.8 Å². The molecule has 1 saturated heterocycles. The van der Waals surface area contributed by atoms with Crippen LogP contribution in [0.5, 0.6) is 0 Å². The van der Waals surface area contributed by atoms with Crippen molar-refractivity contribution < 1.29 is 4.79 Å². The minimum atomic E-state index is 0.0473. The van der Waals surface area contributed by atoms with Gasteiger partial charge in [0.25, 0.3) is 5.91 Å². The van der Waals surface area contributed by atoms with E-state index >= 15 is 0 Å². The van der Waals surface area contributed by atoms with Crippen LogP contribution < -0.4 is 5.73 Å². The molecule has 0 unspecified atom stereocenters. The van der Waals surface area contributed by atoms with E-state index in [0.29, 0.717) is 23.7 Å². The fourth-order valence-corrected chi connectivity index (χ4v) is 5.00. The lowest BCUT2D eigenvalue weighted by molar-refractivity contribution is 0.0759. The zero-order valence-electron chi connectivity index (χ0n) is 18.0. The molecular formula is C26H30N4O. The predicted molar refractivity (Wildman–Crippen MR) is 125 cm³/mol. The van der Waals surface area contributed by atoms with Crippen molar-refractivity contribution >= 4 is 22.5 Å². The first-order valence-corrected chi connectivity index (χ1v) is 11.4. The number of pyridine rings is 1. The number of piperidine rings is 1. The Hall–Kier alpha value is -2.92. The van der Waals surface area contributed by atoms with E-state index in [1.54, 1.807) is 0 Å². The standard InChI is InChI=1S/C26H30N4O/c27-25-21-8-4-5-9-22(21)28-23-18-30(26(31)24(23)25)17-13-20-11-15-29(16-12-20)14-10-19-6-2-1-3-7-19/h1-9,20H,10-18H2,(H2,27,28). The molecule has 5 rings (SSSR count). The molecule has 2 aliphatic rings. The molecule has 1 amide bonds. The van der Waals surface area contributed by atoms with Crippen LogP contribution in [0.1, 0.15) is 40.9 Å². The number of anilines is 1. The van der Waals surface area contributed by atoms with Crippen molar-refractivity contribution in [2.75, 3.05) is 31.9 Å². The van der Waals surface area contributed by atoms with Crippen molar-refractivity contribution in [1.29, 1.82) is 0 Å². The van der Waals surface area contributed by atoms with Crippen molar-refractivity contribution in [2.45, 2.75) is 32.2 Å². The van der Waals surface area contributed by atoms with Gasteiger partial charge in [0.2, 0.25) is 0 Å². The molecule has 2 aromatic carbocycles. The Morgan fingerprint density at radius 1 is 0.968 bits per heavy atom. The second kappa shape index (κ2) is 8.67. The molecule has 3 aromatic rings. The lowest BCUT2D eigenvalue weighted by atomic mass is 9.93. The van der Waals surface area contributed by atoms with Crippen LogP contribution in [-0.4, -0.2) is 46.9 Å². The van der Waals surface area contributed by atoms with Gasteiger partial charge in [-0.15, -0.1) is 0 Å². The molecule has 2 N–H and O–H groups in total. The highest BCUT2D eigenvalue weighted by Crippen LogP contribution is 2.32. The van der Waals surface area contributed by atoms with Crippen molar-refractivity contribution in [2.24, 2.45) is 5.92 Å². The number of likely N-dealkylation sites (tertiary alicyclic amines) is 1. The van der Waals surface area contributed by atoms with E-state index in [2.05, 4.69) is 35.2 Å². The molecule has 1 fully saturated rings. The van der Waals surface area contributed by atoms with Crippen LogP contribution in [0.2, 0.25) is 0 Å². The van der Waals surface area contributed by atoms with Gasteiger partial charge in [-0.3, -0.25) is 4.79 Å². The molecule has 3 heterocycles. The molecule has 2 aliphatic heterocycles. The van der Waals surface area contributed by atoms with E-state index < -0.39 is 0 Å². The Kier molecular flexibility index (Phi) is 5.60. The summed E-state index contributed by atoms with van der Waals surface area (Å²) < 4.78 is 0. The molecule has 5 heteroatoms. The third-order valence-electron chi connectivity index (χ3n) is 6.92. The smallest absolute Gasteiger partial charge is 0.258 e. The van der Waals surface area contributed by atoms with Gasteiger partial charge >= 0.3 is 0 Å². The molecule has 0 saturated carbocycles. The van der Waals surface area contributed by atoms with Crippen LogP contribution in [0, 0.1) is 5.92 Å². The predicted octanol–water partition coefficient (Wildman–Crippen LogP) is 4.12. The van der Waals surface area contributed by atoms with Gasteiger partial charge in [-0.1, -0.05) is 48.5 Å². The summed E-state index contributed by atoms with van der Waals surface area (Å²) in [6.45, 7) is 4.82. The van der Waals surface area contributed by atoms with Crippen molar-refractivity contribution in [3.8, 4) is 0 Å². The van der Waals surface area contributed by atoms with Crippen LogP contribution in [0.3, 0.4) is 0 Å². The van der Waals surface area contributed by atoms with Crippen LogP contribution >= 0.6 is 0 Å². The summed E-state index contributed by atoms with van der Waals surface area (Å²) >= 11 is 0. The zero-order valence-corrected chi connectivity index (χ0v) is 18.0. The van der Waals surface area contributed by atoms with Gasteiger partial charge in [0, 0.05) is 18.5 Å². The minimum Gasteiger partial charge on any atom is -0.397 e. The highest BCUT2D eigenvalue weighted by atomic mass is 16.2. The van der Waals surface area contributed by atoms with Gasteiger partial charge in [0.15, 0.2) is 0 Å². The number of carbonyl (C=O) groups is 1. The number of nitrogens with zero attached hydrogens (tertiary/aromatic N) is 3. The first kappa shape index (κ1) is 20.0. The number of amides is 1. The van der Waals surface area contributed by atoms with Crippen molar-refractivity contribution in [3.63, 3.8) is 0 Å². The highest BCUT2D eigenvalue weighted by molar-refractivity contribution is 6.09. The van der Waals surface area contributed by atoms with E-state index in [0.717, 1.165) is 55.6 Å². The molecule has 0 bridgehead atoms. The second-order valence-corrected chi connectivity index (χ2v) is 8.90. The SMILES string of the molecule is Nc1c2c(nc3ccccc13)CN(CCC1CCN(CCc3ccccc3)CC1)C2=O. The second-order valence-electron chi connectivity index (χ2n) is 8.90. The van der Waals surface area contributed by atoms with E-state index in [4.69, 9.17) is 10.7 Å². The Bertz CT molecular complexity index is 1070. The fraction of sp³-hybridized carbons (Fsp3) is 0.385. The van der Waals surface area contributed by atoms with E-state index in [9.17, 15) is 4.79 Å². The minimum absolute atomic E-state index is 0.0473. The van der Waals surface area contributed by atoms with E-state index in [1.807, 2.05) is 29.2 Å². The summed E-state index contributed by atoms with van der Waals surface area (Å²) in [7, 11) is 0. The first-order valence-electron chi connectivity index (χ1n) is 11.4. The third-order valence-corrected chi connectivity index (χ3v) is 6.92. The number of hydrogen-bond donors (Lipinski definition) is 1. The number of hydrogen-bond acceptors (Lipinski definition) is 4. The van der Waals surface area contributed by atoms with Gasteiger partial charge in [0.05, 0.1) is 29.0 Å². The molecule has 0 aliphatic carbocycles. The maximum atomic E-state index is 13.0. The molecule has 0 spiro atoms. The molecule has 0 radical (unpaired) electrons. The van der Waals surface area contributed by atoms with Gasteiger partial charge in [-0.2, -0.15) is 0 Å². The van der Waals surface area contributed by atoms with Gasteiger partial charge < -0.3 is 15.5 Å². The topological polar surface area (TPSA) is 62.5 Å². The Labute approximate surface area is 183 Å². The maximum absolute atomic E-state index is 13.0. The average Bonchev–Trinajstić information content (AvgIpc) is 3.13. The number of nitrogen functional groups attached to an aromatic ring is 1. The van der Waals surface area contributed by atoms with Crippen molar-refractivity contribution in [3.05, 3.63) is 71.4 Å². The Morgan fingerprint density at radius 2 is 1.71 bits per heavy atom. The van der Waals surface area contributed by atoms with Crippen LogP contribution in [-0.2, 0) is 13.0 Å². The summed E-state index contributed by atoms with van der Waals surface area (Å²) in [4.78, 5) is 22.2. The van der Waals surface area contributed by atoms with E-state index in [1.165, 1.54) is 18.4 Å². The third kappa shape index (κ3) is 4.15. The first-order chi connectivity index (χ1) is 15.2. The van der Waals surface area contributed by atoms with Crippen LogP contribution in [0.15, 0.2) is 54.6 Å². The Morgan fingerprint density at radius 3 is 2.52 bits per heavy atom. The lowest BCUT2D eigenvalue weighted by Crippen LogP contribution is -2.36. The number of benzene rings is 2. The van der Waals surface area contributed by atoms with E-state index in [-0.39, 0.29) is 5.91 Å². The quantitative estimate of drug-likeness (QED) is 0.659. The molecule has 0 atom stereocenters. The number of carbonyl (C=O) groups excluding carboxylic acids is 1. The summed E-state index contributed by atoms with van der Waals surface area (Å²) in [6, 6.07) is 18.5. The summed E-state index contributed by atoms with van der Waals surface area (Å²) in [5, 5.41) is 0.874. The number of para-hydroxylation sites is 1. The number of aromatic nitrogens is 1. The molecule has 1 aromatic heterocycles. The summed E-state index contributed by atoms with van der Waals surface area (Å²) in [5.74, 6) is 0.736. The normalized spacial score (nSPS) is 17.4. The lowest BCUT2D eigenvalue weighted by Gasteiger charge is -2.32. The van der Waals surface area contributed by atoms with Gasteiger partial charge in [-0.25, -0.2) is 4.98 Å². The summed E-state index contributed by atoms with van der Waals surface area (Å²) in [5.41, 5.74) is 10.7. The van der Waals surface area contributed by atoms with Gasteiger partial charge in [0.1, 0.15) is 0 Å². The number of fused-ring (bicyclic) bond motifs is 2. The highest BCUT2D eigenvalue weighted by Gasteiger charge is 2.32.